The number of thioether (sulfide) groups is 1. The van der Waals surface area contributed by atoms with Crippen LogP contribution in [0.3, 0.4) is 0 Å². The first-order chi connectivity index (χ1) is 14.6. The molecule has 0 unspecified atom stereocenters. The number of anilines is 1. The average Bonchev–Trinajstić information content (AvgIpc) is 3.24. The van der Waals surface area contributed by atoms with Crippen molar-refractivity contribution in [3.8, 4) is 17.1 Å². The molecule has 1 aromatic carbocycles. The number of aryl methyl sites for hydroxylation is 1. The molecule has 0 radical (unpaired) electrons. The number of ether oxygens (including phenoxy) is 1. The van der Waals surface area contributed by atoms with Crippen LogP contribution in [-0.2, 0) is 11.2 Å². The molecule has 0 saturated carbocycles. The van der Waals surface area contributed by atoms with Crippen LogP contribution in [0.2, 0.25) is 0 Å². The second-order valence-electron chi connectivity index (χ2n) is 7.03. The standard InChI is InChI=1S/C22H24N4O3S/c1-4-6-12-30-22-23-20-19(24-25-22)16-13-15(5-2)9-10-17(16)26(14(3)27)21(29-20)18-8-7-11-28-18/h7-11,13,21H,4-6,12H2,1-3H3/t21-/m0/s1. The fraction of sp³-hybridized carbons (Fsp3) is 0.364. The molecule has 0 N–H and O–H groups in total. The Hall–Kier alpha value is -2.87. The van der Waals surface area contributed by atoms with E-state index >= 15 is 0 Å². The van der Waals surface area contributed by atoms with Gasteiger partial charge >= 0.3 is 0 Å². The lowest BCUT2D eigenvalue weighted by atomic mass is 10.0. The molecule has 4 rings (SSSR count). The molecule has 0 saturated heterocycles. The van der Waals surface area contributed by atoms with Crippen molar-refractivity contribution in [2.75, 3.05) is 10.7 Å². The van der Waals surface area contributed by atoms with Crippen molar-refractivity contribution in [3.05, 3.63) is 47.9 Å². The first-order valence-electron chi connectivity index (χ1n) is 10.1. The highest BCUT2D eigenvalue weighted by atomic mass is 32.2. The Balaban J connectivity index is 1.87. The van der Waals surface area contributed by atoms with Crippen LogP contribution < -0.4 is 9.64 Å². The molecule has 156 valence electrons. The SMILES string of the molecule is CCCCSc1nnc2c(n1)O[C@@H](c1ccco1)N(C(C)=O)c1ccc(CC)cc1-2. The molecular weight excluding hydrogens is 400 g/mol. The number of fused-ring (bicyclic) bond motifs is 3. The van der Waals surface area contributed by atoms with Crippen LogP contribution in [0.25, 0.3) is 11.3 Å². The first kappa shape index (κ1) is 20.4. The van der Waals surface area contributed by atoms with Crippen molar-refractivity contribution in [1.82, 2.24) is 15.2 Å². The van der Waals surface area contributed by atoms with E-state index in [9.17, 15) is 4.79 Å². The lowest BCUT2D eigenvalue weighted by Crippen LogP contribution is -2.35. The number of nitrogens with zero attached hydrogens (tertiary/aromatic N) is 4. The number of aromatic nitrogens is 3. The van der Waals surface area contributed by atoms with Crippen molar-refractivity contribution in [3.63, 3.8) is 0 Å². The highest BCUT2D eigenvalue weighted by Crippen LogP contribution is 2.44. The van der Waals surface area contributed by atoms with Gasteiger partial charge in [-0.2, -0.15) is 4.98 Å². The summed E-state index contributed by atoms with van der Waals surface area (Å²) in [5.41, 5.74) is 3.13. The maximum Gasteiger partial charge on any atom is 0.247 e. The van der Waals surface area contributed by atoms with Gasteiger partial charge in [0, 0.05) is 18.2 Å². The van der Waals surface area contributed by atoms with Gasteiger partial charge in [-0.1, -0.05) is 38.1 Å². The summed E-state index contributed by atoms with van der Waals surface area (Å²) >= 11 is 1.55. The van der Waals surface area contributed by atoms with E-state index in [2.05, 4.69) is 29.0 Å². The summed E-state index contributed by atoms with van der Waals surface area (Å²) < 4.78 is 11.9. The number of hydrogen-bond donors (Lipinski definition) is 0. The van der Waals surface area contributed by atoms with Gasteiger partial charge in [0.15, 0.2) is 11.5 Å². The minimum absolute atomic E-state index is 0.166. The molecule has 3 heterocycles. The van der Waals surface area contributed by atoms with Crippen molar-refractivity contribution in [2.24, 2.45) is 0 Å². The Kier molecular flexibility index (Phi) is 6.03. The molecular formula is C22H24N4O3S. The third-order valence-electron chi connectivity index (χ3n) is 4.93. The number of hydrogen-bond acceptors (Lipinski definition) is 7. The molecule has 0 bridgehead atoms. The van der Waals surface area contributed by atoms with E-state index in [1.165, 1.54) is 6.92 Å². The van der Waals surface area contributed by atoms with Crippen LogP contribution in [-0.4, -0.2) is 26.8 Å². The quantitative estimate of drug-likeness (QED) is 0.405. The summed E-state index contributed by atoms with van der Waals surface area (Å²) in [5.74, 6) is 1.61. The van der Waals surface area contributed by atoms with Crippen LogP contribution in [0.1, 0.15) is 51.2 Å². The van der Waals surface area contributed by atoms with E-state index in [-0.39, 0.29) is 5.91 Å². The minimum Gasteiger partial charge on any atom is -0.463 e. The Morgan fingerprint density at radius 2 is 2.10 bits per heavy atom. The van der Waals surface area contributed by atoms with Crippen molar-refractivity contribution < 1.29 is 13.9 Å². The molecule has 0 fully saturated rings. The normalized spacial score (nSPS) is 15.2. The lowest BCUT2D eigenvalue weighted by molar-refractivity contribution is -0.118. The molecule has 7 nitrogen and oxygen atoms in total. The van der Waals surface area contributed by atoms with Crippen LogP contribution in [0.15, 0.2) is 46.2 Å². The zero-order valence-electron chi connectivity index (χ0n) is 17.3. The summed E-state index contributed by atoms with van der Waals surface area (Å²) in [6.45, 7) is 5.74. The van der Waals surface area contributed by atoms with Gasteiger partial charge in [-0.25, -0.2) is 0 Å². The number of carbonyl (C=O) groups is 1. The van der Waals surface area contributed by atoms with Crippen molar-refractivity contribution in [2.45, 2.75) is 51.4 Å². The molecule has 3 aromatic rings. The summed E-state index contributed by atoms with van der Waals surface area (Å²) in [7, 11) is 0. The monoisotopic (exact) mass is 424 g/mol. The highest BCUT2D eigenvalue weighted by molar-refractivity contribution is 7.99. The molecule has 2 aromatic heterocycles. The van der Waals surface area contributed by atoms with Crippen LogP contribution in [0.4, 0.5) is 5.69 Å². The molecule has 1 aliphatic heterocycles. The van der Waals surface area contributed by atoms with Crippen LogP contribution in [0.5, 0.6) is 5.88 Å². The van der Waals surface area contributed by atoms with Crippen molar-refractivity contribution >= 4 is 23.4 Å². The fourth-order valence-electron chi connectivity index (χ4n) is 3.36. The zero-order chi connectivity index (χ0) is 21.1. The molecule has 0 aliphatic carbocycles. The lowest BCUT2D eigenvalue weighted by Gasteiger charge is -2.28. The van der Waals surface area contributed by atoms with Gasteiger partial charge in [0.1, 0.15) is 0 Å². The van der Waals surface area contributed by atoms with E-state index < -0.39 is 6.23 Å². The van der Waals surface area contributed by atoms with Gasteiger partial charge in [0.25, 0.3) is 0 Å². The molecule has 30 heavy (non-hydrogen) atoms. The van der Waals surface area contributed by atoms with E-state index in [1.807, 2.05) is 18.2 Å². The molecule has 1 aliphatic rings. The molecule has 8 heteroatoms. The van der Waals surface area contributed by atoms with E-state index in [0.717, 1.165) is 36.1 Å². The number of amides is 1. The van der Waals surface area contributed by atoms with Gasteiger partial charge in [-0.05, 0) is 42.7 Å². The van der Waals surface area contributed by atoms with Gasteiger partial charge in [-0.3, -0.25) is 9.69 Å². The number of furan rings is 1. The van der Waals surface area contributed by atoms with Gasteiger partial charge in [-0.15, -0.1) is 10.2 Å². The van der Waals surface area contributed by atoms with Crippen LogP contribution >= 0.6 is 11.8 Å². The second-order valence-corrected chi connectivity index (χ2v) is 8.09. The second kappa shape index (κ2) is 8.87. The number of carbonyl (C=O) groups excluding carboxylic acids is 1. The molecule has 1 atom stereocenters. The smallest absolute Gasteiger partial charge is 0.247 e. The summed E-state index contributed by atoms with van der Waals surface area (Å²) in [6.07, 6.45) is 3.81. The van der Waals surface area contributed by atoms with E-state index in [1.54, 1.807) is 35.1 Å². The molecule has 0 spiro atoms. The number of unbranched alkanes of at least 4 members (excludes halogenated alkanes) is 1. The predicted molar refractivity (Wildman–Crippen MR) is 116 cm³/mol. The maximum absolute atomic E-state index is 12.7. The Morgan fingerprint density at radius 3 is 2.80 bits per heavy atom. The molecule has 1 amide bonds. The third kappa shape index (κ3) is 3.92. The Bertz CT molecular complexity index is 1040. The average molecular weight is 425 g/mol. The summed E-state index contributed by atoms with van der Waals surface area (Å²) in [5, 5.41) is 9.33. The maximum atomic E-state index is 12.7. The zero-order valence-corrected chi connectivity index (χ0v) is 18.1. The largest absolute Gasteiger partial charge is 0.463 e. The first-order valence-corrected chi connectivity index (χ1v) is 11.1. The number of rotatable bonds is 6. The topological polar surface area (TPSA) is 81.3 Å². The third-order valence-corrected chi connectivity index (χ3v) is 5.86. The highest BCUT2D eigenvalue weighted by Gasteiger charge is 2.36. The Labute approximate surface area is 179 Å². The number of benzene rings is 1. The Morgan fingerprint density at radius 1 is 1.23 bits per heavy atom. The van der Waals surface area contributed by atoms with Gasteiger partial charge < -0.3 is 9.15 Å². The van der Waals surface area contributed by atoms with E-state index in [0.29, 0.717) is 28.2 Å². The van der Waals surface area contributed by atoms with Crippen molar-refractivity contribution in [1.29, 1.82) is 0 Å². The fourth-order valence-corrected chi connectivity index (χ4v) is 4.22. The summed E-state index contributed by atoms with van der Waals surface area (Å²) in [4.78, 5) is 18.9. The minimum atomic E-state index is -0.782. The van der Waals surface area contributed by atoms with Gasteiger partial charge in [0.05, 0.1) is 12.0 Å². The van der Waals surface area contributed by atoms with Gasteiger partial charge in [0.2, 0.25) is 23.2 Å². The van der Waals surface area contributed by atoms with Crippen LogP contribution in [0, 0.1) is 0 Å². The predicted octanol–water partition coefficient (Wildman–Crippen LogP) is 5.03. The van der Waals surface area contributed by atoms with E-state index in [4.69, 9.17) is 9.15 Å². The summed E-state index contributed by atoms with van der Waals surface area (Å²) in [6, 6.07) is 9.52.